The lowest BCUT2D eigenvalue weighted by Gasteiger charge is -2.20. The van der Waals surface area contributed by atoms with Gasteiger partial charge in [-0.05, 0) is 71.4 Å². The summed E-state index contributed by atoms with van der Waals surface area (Å²) in [5.41, 5.74) is 11.1. The van der Waals surface area contributed by atoms with E-state index in [4.69, 9.17) is 11.5 Å². The zero-order valence-electron chi connectivity index (χ0n) is 32.8. The highest BCUT2D eigenvalue weighted by Crippen LogP contribution is 2.16. The molecule has 0 heterocycles. The SMILES string of the molecule is CCCCCCCCCCCCCCCCCCCCCCCCCCCCNC(O)CNC(=O)C(CCCNCCCN)NCCCN. The number of nitrogens with two attached hydrogens (primary N) is 2. The van der Waals surface area contributed by atoms with E-state index in [2.05, 4.69) is 28.2 Å². The number of carbonyl (C=O) groups excluding carboxylic acids is 1. The molecule has 294 valence electrons. The maximum Gasteiger partial charge on any atom is 0.237 e. The monoisotopic (exact) mass is 697 g/mol. The summed E-state index contributed by atoms with van der Waals surface area (Å²) in [4.78, 5) is 12.7. The van der Waals surface area contributed by atoms with Gasteiger partial charge in [0.25, 0.3) is 0 Å². The Morgan fingerprint density at radius 3 is 1.29 bits per heavy atom. The van der Waals surface area contributed by atoms with E-state index in [0.717, 1.165) is 58.3 Å². The molecule has 0 radical (unpaired) electrons. The van der Waals surface area contributed by atoms with E-state index in [0.29, 0.717) is 13.1 Å². The summed E-state index contributed by atoms with van der Waals surface area (Å²) in [6.07, 6.45) is 39.2. The minimum atomic E-state index is -0.717. The van der Waals surface area contributed by atoms with Gasteiger partial charge in [0.2, 0.25) is 5.91 Å². The number of hydrogen-bond donors (Lipinski definition) is 7. The van der Waals surface area contributed by atoms with Crippen LogP contribution in [-0.4, -0.2) is 69.1 Å². The topological polar surface area (TPSA) is 137 Å². The van der Waals surface area contributed by atoms with E-state index in [-0.39, 0.29) is 18.5 Å². The van der Waals surface area contributed by atoms with Gasteiger partial charge >= 0.3 is 0 Å². The fourth-order valence-corrected chi connectivity index (χ4v) is 6.59. The van der Waals surface area contributed by atoms with Crippen LogP contribution in [0.5, 0.6) is 0 Å². The molecule has 1 amide bonds. The summed E-state index contributed by atoms with van der Waals surface area (Å²) in [5, 5.41) is 23.0. The van der Waals surface area contributed by atoms with Crippen LogP contribution in [0.1, 0.15) is 200 Å². The normalized spacial score (nSPS) is 12.8. The van der Waals surface area contributed by atoms with Crippen molar-refractivity contribution in [3.63, 3.8) is 0 Å². The second-order valence-electron chi connectivity index (χ2n) is 14.7. The summed E-state index contributed by atoms with van der Waals surface area (Å²) in [7, 11) is 0. The molecule has 0 spiro atoms. The highest BCUT2D eigenvalue weighted by molar-refractivity contribution is 5.81. The van der Waals surface area contributed by atoms with Gasteiger partial charge in [-0.2, -0.15) is 0 Å². The van der Waals surface area contributed by atoms with Crippen LogP contribution in [0.3, 0.4) is 0 Å². The molecular weight excluding hydrogens is 608 g/mol. The number of aliphatic hydroxyl groups excluding tert-OH is 1. The van der Waals surface area contributed by atoms with Crippen LogP contribution >= 0.6 is 0 Å². The van der Waals surface area contributed by atoms with Gasteiger partial charge in [0, 0.05) is 0 Å². The summed E-state index contributed by atoms with van der Waals surface area (Å²) >= 11 is 0. The molecule has 0 aromatic heterocycles. The van der Waals surface area contributed by atoms with E-state index in [9.17, 15) is 9.90 Å². The van der Waals surface area contributed by atoms with Crippen LogP contribution in [0.2, 0.25) is 0 Å². The average molecular weight is 697 g/mol. The molecule has 0 aromatic rings. The van der Waals surface area contributed by atoms with Crippen molar-refractivity contribution in [1.29, 1.82) is 0 Å². The van der Waals surface area contributed by atoms with Crippen molar-refractivity contribution in [3.05, 3.63) is 0 Å². The van der Waals surface area contributed by atoms with Crippen molar-refractivity contribution in [2.75, 3.05) is 45.8 Å². The molecule has 2 atom stereocenters. The van der Waals surface area contributed by atoms with E-state index < -0.39 is 6.23 Å². The number of unbranched alkanes of at least 4 members (excludes halogenated alkanes) is 25. The predicted octanol–water partition coefficient (Wildman–Crippen LogP) is 8.20. The average Bonchev–Trinajstić information content (AvgIpc) is 3.11. The highest BCUT2D eigenvalue weighted by Gasteiger charge is 2.18. The smallest absolute Gasteiger partial charge is 0.237 e. The van der Waals surface area contributed by atoms with Crippen molar-refractivity contribution in [1.82, 2.24) is 21.3 Å². The van der Waals surface area contributed by atoms with Gasteiger partial charge in [-0.3, -0.25) is 10.1 Å². The van der Waals surface area contributed by atoms with Crippen molar-refractivity contribution >= 4 is 5.91 Å². The molecule has 9 N–H and O–H groups in total. The molecule has 0 aliphatic heterocycles. The van der Waals surface area contributed by atoms with Gasteiger partial charge in [0.15, 0.2) is 0 Å². The zero-order valence-corrected chi connectivity index (χ0v) is 32.8. The Morgan fingerprint density at radius 2 is 0.857 bits per heavy atom. The van der Waals surface area contributed by atoms with Crippen molar-refractivity contribution < 1.29 is 9.90 Å². The molecule has 2 unspecified atom stereocenters. The number of rotatable bonds is 42. The number of nitrogens with one attached hydrogen (secondary N) is 4. The van der Waals surface area contributed by atoms with Crippen LogP contribution in [0.4, 0.5) is 0 Å². The first-order valence-electron chi connectivity index (χ1n) is 21.7. The Labute approximate surface area is 305 Å². The fourth-order valence-electron chi connectivity index (χ4n) is 6.59. The molecule has 0 rings (SSSR count). The van der Waals surface area contributed by atoms with Crippen LogP contribution < -0.4 is 32.7 Å². The molecule has 0 aromatic carbocycles. The molecular formula is C41H88N6O2. The highest BCUT2D eigenvalue weighted by atomic mass is 16.3. The first kappa shape index (κ1) is 48.2. The van der Waals surface area contributed by atoms with Gasteiger partial charge in [-0.25, -0.2) is 0 Å². The molecule has 0 saturated heterocycles. The quantitative estimate of drug-likeness (QED) is 0.0252. The van der Waals surface area contributed by atoms with Crippen LogP contribution in [0, 0.1) is 0 Å². The summed E-state index contributed by atoms with van der Waals surface area (Å²) in [5.74, 6) is -0.0555. The summed E-state index contributed by atoms with van der Waals surface area (Å²) in [6.45, 7) is 7.09. The lowest BCUT2D eigenvalue weighted by molar-refractivity contribution is -0.123. The van der Waals surface area contributed by atoms with Gasteiger partial charge < -0.3 is 32.5 Å². The molecule has 0 aliphatic carbocycles. The summed E-state index contributed by atoms with van der Waals surface area (Å²) < 4.78 is 0. The van der Waals surface area contributed by atoms with E-state index in [1.54, 1.807) is 0 Å². The molecule has 49 heavy (non-hydrogen) atoms. The minimum Gasteiger partial charge on any atom is -0.377 e. The molecule has 8 nitrogen and oxygen atoms in total. The number of amides is 1. The lowest BCUT2D eigenvalue weighted by atomic mass is 10.0. The van der Waals surface area contributed by atoms with Crippen LogP contribution in [0.15, 0.2) is 0 Å². The predicted molar refractivity (Wildman–Crippen MR) is 214 cm³/mol. The molecule has 0 aliphatic rings. The first-order chi connectivity index (χ1) is 24.2. The standard InChI is InChI=1S/C41H88N6O2/c1-2-3-4-5-6-7-8-9-10-11-12-13-14-15-16-17-18-19-20-21-22-23-24-25-26-27-36-46-40(48)38-47-41(49)39(45-37-30-33-43)31-28-34-44-35-29-32-42/h39-40,44-46,48H,2-38,42-43H2,1H3,(H,47,49). The third-order valence-corrected chi connectivity index (χ3v) is 9.87. The molecule has 8 heteroatoms. The Bertz CT molecular complexity index is 641. The molecule has 0 bridgehead atoms. The van der Waals surface area contributed by atoms with Crippen molar-refractivity contribution in [3.8, 4) is 0 Å². The number of carbonyl (C=O) groups is 1. The van der Waals surface area contributed by atoms with E-state index >= 15 is 0 Å². The first-order valence-corrected chi connectivity index (χ1v) is 21.7. The largest absolute Gasteiger partial charge is 0.377 e. The Kier molecular flexibility index (Phi) is 41.0. The molecule has 0 fully saturated rings. The van der Waals surface area contributed by atoms with E-state index in [1.165, 1.54) is 161 Å². The van der Waals surface area contributed by atoms with Crippen LogP contribution in [-0.2, 0) is 4.79 Å². The lowest BCUT2D eigenvalue weighted by Crippen LogP contribution is -2.49. The van der Waals surface area contributed by atoms with Gasteiger partial charge in [-0.15, -0.1) is 0 Å². The molecule has 0 saturated carbocycles. The number of aliphatic hydroxyl groups is 1. The zero-order chi connectivity index (χ0) is 35.7. The second kappa shape index (κ2) is 41.6. The van der Waals surface area contributed by atoms with Crippen molar-refractivity contribution in [2.45, 2.75) is 212 Å². The maximum absolute atomic E-state index is 12.7. The Balaban J connectivity index is 3.47. The Hall–Kier alpha value is -0.770. The van der Waals surface area contributed by atoms with Crippen LogP contribution in [0.25, 0.3) is 0 Å². The van der Waals surface area contributed by atoms with Gasteiger partial charge in [0.1, 0.15) is 6.23 Å². The summed E-state index contributed by atoms with van der Waals surface area (Å²) in [6, 6.07) is -0.265. The third kappa shape index (κ3) is 38.3. The van der Waals surface area contributed by atoms with Crippen molar-refractivity contribution in [2.24, 2.45) is 11.5 Å². The maximum atomic E-state index is 12.7. The second-order valence-corrected chi connectivity index (χ2v) is 14.7. The van der Waals surface area contributed by atoms with Gasteiger partial charge in [0.05, 0.1) is 12.6 Å². The van der Waals surface area contributed by atoms with Gasteiger partial charge in [-0.1, -0.05) is 167 Å². The minimum absolute atomic E-state index is 0.0555. The third-order valence-electron chi connectivity index (χ3n) is 9.87. The number of hydrogen-bond acceptors (Lipinski definition) is 7. The Morgan fingerprint density at radius 1 is 0.490 bits per heavy atom. The van der Waals surface area contributed by atoms with E-state index in [1.807, 2.05) is 0 Å². The fraction of sp³-hybridized carbons (Fsp3) is 0.976.